The minimum absolute atomic E-state index is 0.0492. The molecule has 0 aromatic rings. The van der Waals surface area contributed by atoms with Crippen molar-refractivity contribution in [3.05, 3.63) is 24.5 Å². The van der Waals surface area contributed by atoms with Crippen LogP contribution in [0.25, 0.3) is 0 Å². The molecule has 0 saturated heterocycles. The zero-order chi connectivity index (χ0) is 12.9. The van der Waals surface area contributed by atoms with Gasteiger partial charge in [0.25, 0.3) is 0 Å². The van der Waals surface area contributed by atoms with Crippen molar-refractivity contribution >= 4 is 0 Å². The Bertz CT molecular complexity index is 209. The van der Waals surface area contributed by atoms with Gasteiger partial charge in [-0.05, 0) is 18.9 Å². The summed E-state index contributed by atoms with van der Waals surface area (Å²) in [5.41, 5.74) is 0. The Morgan fingerprint density at radius 3 is 2.29 bits per heavy atom. The number of aliphatic hydroxyl groups excluding tert-OH is 2. The second kappa shape index (κ2) is 11.7. The van der Waals surface area contributed by atoms with Gasteiger partial charge in [0.15, 0.2) is 0 Å². The van der Waals surface area contributed by atoms with E-state index in [4.69, 9.17) is 5.11 Å². The smallest absolute Gasteiger partial charge is 0.108 e. The van der Waals surface area contributed by atoms with Crippen molar-refractivity contribution in [1.82, 2.24) is 0 Å². The van der Waals surface area contributed by atoms with Crippen molar-refractivity contribution in [1.29, 1.82) is 0 Å². The fourth-order valence-electron chi connectivity index (χ4n) is 1.82. The molecule has 100 valence electrons. The van der Waals surface area contributed by atoms with Gasteiger partial charge in [0.2, 0.25) is 0 Å². The van der Waals surface area contributed by atoms with Crippen molar-refractivity contribution in [2.45, 2.75) is 70.8 Å². The van der Waals surface area contributed by atoms with E-state index in [0.717, 1.165) is 12.8 Å². The molecular formula is C15H28O2. The molecule has 2 nitrogen and oxygen atoms in total. The molecule has 0 amide bonds. The lowest BCUT2D eigenvalue weighted by molar-refractivity contribution is 0.163. The summed E-state index contributed by atoms with van der Waals surface area (Å²) in [4.78, 5) is 0. The molecule has 0 saturated carbocycles. The van der Waals surface area contributed by atoms with Crippen molar-refractivity contribution in [2.75, 3.05) is 0 Å². The molecule has 17 heavy (non-hydrogen) atoms. The standard InChI is InChI=1S/C15H28O2/c1-3-4-5-6-7-8-9-12-15(17)13-10-11-14(2)16/h10-11,15-17H,2-9,12-13H2,1H3/b11-10+. The van der Waals surface area contributed by atoms with E-state index in [9.17, 15) is 5.11 Å². The van der Waals surface area contributed by atoms with Gasteiger partial charge < -0.3 is 10.2 Å². The van der Waals surface area contributed by atoms with E-state index in [1.54, 1.807) is 6.08 Å². The minimum atomic E-state index is -0.277. The first kappa shape index (κ1) is 16.2. The van der Waals surface area contributed by atoms with E-state index < -0.39 is 0 Å². The Morgan fingerprint density at radius 1 is 1.12 bits per heavy atom. The van der Waals surface area contributed by atoms with Gasteiger partial charge >= 0.3 is 0 Å². The summed E-state index contributed by atoms with van der Waals surface area (Å²) in [7, 11) is 0. The van der Waals surface area contributed by atoms with Crippen molar-refractivity contribution in [3.63, 3.8) is 0 Å². The topological polar surface area (TPSA) is 40.5 Å². The third-order valence-corrected chi connectivity index (χ3v) is 2.86. The average Bonchev–Trinajstić information content (AvgIpc) is 2.27. The van der Waals surface area contributed by atoms with Gasteiger partial charge in [0, 0.05) is 0 Å². The van der Waals surface area contributed by atoms with Crippen LogP contribution in [0.3, 0.4) is 0 Å². The highest BCUT2D eigenvalue weighted by molar-refractivity contribution is 5.05. The van der Waals surface area contributed by atoms with Crippen LogP contribution >= 0.6 is 0 Å². The van der Waals surface area contributed by atoms with Crippen LogP contribution in [0.1, 0.15) is 64.7 Å². The largest absolute Gasteiger partial charge is 0.509 e. The van der Waals surface area contributed by atoms with Gasteiger partial charge in [0.05, 0.1) is 6.10 Å². The van der Waals surface area contributed by atoms with Crippen LogP contribution in [0.5, 0.6) is 0 Å². The molecule has 2 N–H and O–H groups in total. The third-order valence-electron chi connectivity index (χ3n) is 2.86. The number of rotatable bonds is 11. The molecule has 0 rings (SSSR count). The molecule has 1 unspecified atom stereocenters. The number of hydrogen-bond donors (Lipinski definition) is 2. The second-order valence-corrected chi connectivity index (χ2v) is 4.69. The maximum Gasteiger partial charge on any atom is 0.108 e. The highest BCUT2D eigenvalue weighted by Crippen LogP contribution is 2.11. The lowest BCUT2D eigenvalue weighted by atomic mass is 10.0. The Kier molecular flexibility index (Phi) is 11.2. The summed E-state index contributed by atoms with van der Waals surface area (Å²) in [6.07, 6.45) is 13.4. The van der Waals surface area contributed by atoms with Gasteiger partial charge in [-0.1, -0.05) is 64.5 Å². The number of unbranched alkanes of at least 4 members (excludes halogenated alkanes) is 6. The van der Waals surface area contributed by atoms with Crippen LogP contribution in [-0.2, 0) is 0 Å². The van der Waals surface area contributed by atoms with Crippen LogP contribution in [-0.4, -0.2) is 16.3 Å². The van der Waals surface area contributed by atoms with Crippen LogP contribution in [0.2, 0.25) is 0 Å². The molecule has 1 atom stereocenters. The predicted molar refractivity (Wildman–Crippen MR) is 74.1 cm³/mol. The van der Waals surface area contributed by atoms with Gasteiger partial charge in [0.1, 0.15) is 5.76 Å². The average molecular weight is 240 g/mol. The van der Waals surface area contributed by atoms with E-state index >= 15 is 0 Å². The predicted octanol–water partition coefficient (Wildman–Crippen LogP) is 4.51. The fraction of sp³-hybridized carbons (Fsp3) is 0.733. The number of hydrogen-bond acceptors (Lipinski definition) is 2. The maximum atomic E-state index is 9.64. The summed E-state index contributed by atoms with van der Waals surface area (Å²) < 4.78 is 0. The Labute approximate surface area is 106 Å². The summed E-state index contributed by atoms with van der Waals surface area (Å²) in [6.45, 7) is 5.58. The summed E-state index contributed by atoms with van der Waals surface area (Å²) in [5.74, 6) is 0.0492. The van der Waals surface area contributed by atoms with Crippen molar-refractivity contribution in [3.8, 4) is 0 Å². The molecule has 0 spiro atoms. The molecule has 0 bridgehead atoms. The number of aliphatic hydroxyl groups is 2. The summed E-state index contributed by atoms with van der Waals surface area (Å²) in [5, 5.41) is 18.5. The van der Waals surface area contributed by atoms with E-state index in [-0.39, 0.29) is 11.9 Å². The monoisotopic (exact) mass is 240 g/mol. The minimum Gasteiger partial charge on any atom is -0.509 e. The molecule has 2 heteroatoms. The molecule has 0 aliphatic rings. The van der Waals surface area contributed by atoms with Crippen LogP contribution in [0.15, 0.2) is 24.5 Å². The fourth-order valence-corrected chi connectivity index (χ4v) is 1.82. The molecule has 0 aliphatic carbocycles. The Hall–Kier alpha value is -0.760. The molecule has 0 radical (unpaired) electrons. The SMILES string of the molecule is C=C(O)/C=C/CC(O)CCCCCCCCC. The lowest BCUT2D eigenvalue weighted by Crippen LogP contribution is -2.04. The van der Waals surface area contributed by atoms with Gasteiger partial charge in [-0.3, -0.25) is 0 Å². The van der Waals surface area contributed by atoms with Crippen molar-refractivity contribution < 1.29 is 10.2 Å². The van der Waals surface area contributed by atoms with Crippen LogP contribution in [0.4, 0.5) is 0 Å². The van der Waals surface area contributed by atoms with E-state index in [1.807, 2.05) is 0 Å². The van der Waals surface area contributed by atoms with Crippen molar-refractivity contribution in [2.24, 2.45) is 0 Å². The normalized spacial score (nSPS) is 13.1. The highest BCUT2D eigenvalue weighted by atomic mass is 16.3. The van der Waals surface area contributed by atoms with E-state index in [0.29, 0.717) is 6.42 Å². The highest BCUT2D eigenvalue weighted by Gasteiger charge is 2.01. The molecule has 0 fully saturated rings. The molecule has 0 aromatic carbocycles. The zero-order valence-electron chi connectivity index (χ0n) is 11.2. The molecule has 0 aromatic heterocycles. The van der Waals surface area contributed by atoms with E-state index in [2.05, 4.69) is 13.5 Å². The molecule has 0 aliphatic heterocycles. The van der Waals surface area contributed by atoms with Crippen LogP contribution in [0, 0.1) is 0 Å². The lowest BCUT2D eigenvalue weighted by Gasteiger charge is -2.07. The van der Waals surface area contributed by atoms with E-state index in [1.165, 1.54) is 44.6 Å². The van der Waals surface area contributed by atoms with Gasteiger partial charge in [-0.15, -0.1) is 0 Å². The number of allylic oxidation sites excluding steroid dienone is 1. The Balaban J connectivity index is 3.27. The third kappa shape index (κ3) is 13.2. The second-order valence-electron chi connectivity index (χ2n) is 4.69. The zero-order valence-corrected chi connectivity index (χ0v) is 11.2. The maximum absolute atomic E-state index is 9.64. The Morgan fingerprint density at radius 2 is 1.71 bits per heavy atom. The molecule has 0 heterocycles. The van der Waals surface area contributed by atoms with Gasteiger partial charge in [-0.2, -0.15) is 0 Å². The summed E-state index contributed by atoms with van der Waals surface area (Å²) in [6, 6.07) is 0. The molecular weight excluding hydrogens is 212 g/mol. The summed E-state index contributed by atoms with van der Waals surface area (Å²) >= 11 is 0. The first-order chi connectivity index (χ1) is 8.16. The first-order valence-corrected chi connectivity index (χ1v) is 6.89. The van der Waals surface area contributed by atoms with Crippen LogP contribution < -0.4 is 0 Å². The quantitative estimate of drug-likeness (QED) is 0.317. The first-order valence-electron chi connectivity index (χ1n) is 6.89. The van der Waals surface area contributed by atoms with Gasteiger partial charge in [-0.25, -0.2) is 0 Å².